The molecule has 3 aromatic rings. The van der Waals surface area contributed by atoms with Crippen molar-refractivity contribution in [2.45, 2.75) is 18.3 Å². The number of aromatic nitrogens is 1. The first-order valence-corrected chi connectivity index (χ1v) is 10.1. The van der Waals surface area contributed by atoms with Gasteiger partial charge in [0.25, 0.3) is 5.91 Å². The molecule has 2 amide bonds. The molecule has 0 radical (unpaired) electrons. The first-order chi connectivity index (χ1) is 13.6. The molecule has 1 aliphatic carbocycles. The third kappa shape index (κ3) is 2.88. The van der Waals surface area contributed by atoms with E-state index in [1.165, 1.54) is 0 Å². The Morgan fingerprint density at radius 2 is 2.04 bits per heavy atom. The molecule has 1 aromatic heterocycles. The van der Waals surface area contributed by atoms with Gasteiger partial charge < -0.3 is 10.2 Å². The van der Waals surface area contributed by atoms with Gasteiger partial charge in [0, 0.05) is 33.6 Å². The largest absolute Gasteiger partial charge is 0.328 e. The molecule has 1 fully saturated rings. The minimum Gasteiger partial charge on any atom is -0.328 e. The standard InChI is InChI=1S/C22H18BrN3O2/c23-14-6-7-15-17(11-14)22(8-9-22)13-26(21(15)28)12-20(27)25-19-5-1-4-18-16(19)3-2-10-24-18/h1-7,10-11H,8-9,12-13H2,(H,25,27). The molecule has 5 rings (SSSR count). The predicted molar refractivity (Wildman–Crippen MR) is 111 cm³/mol. The molecule has 140 valence electrons. The van der Waals surface area contributed by atoms with Gasteiger partial charge in [-0.25, -0.2) is 0 Å². The average molecular weight is 436 g/mol. The van der Waals surface area contributed by atoms with Crippen molar-refractivity contribution in [2.24, 2.45) is 0 Å². The SMILES string of the molecule is O=C(CN1CC2(CC2)c2cc(Br)ccc2C1=O)Nc1cccc2ncccc12. The van der Waals surface area contributed by atoms with Gasteiger partial charge in [-0.3, -0.25) is 14.6 Å². The Labute approximate surface area is 170 Å². The Kier molecular flexibility index (Phi) is 3.98. The smallest absolute Gasteiger partial charge is 0.254 e. The highest BCUT2D eigenvalue weighted by molar-refractivity contribution is 9.10. The third-order valence-electron chi connectivity index (χ3n) is 5.67. The lowest BCUT2D eigenvalue weighted by atomic mass is 9.86. The Bertz CT molecular complexity index is 1120. The molecule has 6 heteroatoms. The van der Waals surface area contributed by atoms with Gasteiger partial charge >= 0.3 is 0 Å². The number of anilines is 1. The van der Waals surface area contributed by atoms with Crippen molar-refractivity contribution in [1.29, 1.82) is 0 Å². The number of nitrogens with one attached hydrogen (secondary N) is 1. The number of carbonyl (C=O) groups excluding carboxylic acids is 2. The highest BCUT2D eigenvalue weighted by Crippen LogP contribution is 2.52. The van der Waals surface area contributed by atoms with Crippen LogP contribution in [0.25, 0.3) is 10.9 Å². The van der Waals surface area contributed by atoms with Crippen LogP contribution in [0.2, 0.25) is 0 Å². The molecule has 1 spiro atoms. The molecule has 2 aromatic carbocycles. The Morgan fingerprint density at radius 3 is 2.86 bits per heavy atom. The number of carbonyl (C=O) groups is 2. The Hall–Kier alpha value is -2.73. The molecule has 0 saturated heterocycles. The van der Waals surface area contributed by atoms with E-state index in [4.69, 9.17) is 0 Å². The summed E-state index contributed by atoms with van der Waals surface area (Å²) in [5.41, 5.74) is 3.38. The monoisotopic (exact) mass is 435 g/mol. The Morgan fingerprint density at radius 1 is 1.18 bits per heavy atom. The summed E-state index contributed by atoms with van der Waals surface area (Å²) in [4.78, 5) is 31.7. The van der Waals surface area contributed by atoms with Crippen LogP contribution in [0, 0.1) is 0 Å². The van der Waals surface area contributed by atoms with Gasteiger partial charge in [0.1, 0.15) is 6.54 Å². The summed E-state index contributed by atoms with van der Waals surface area (Å²) in [6, 6.07) is 15.2. The number of hydrogen-bond acceptors (Lipinski definition) is 3. The van der Waals surface area contributed by atoms with Crippen LogP contribution in [0.4, 0.5) is 5.69 Å². The van der Waals surface area contributed by atoms with Crippen LogP contribution in [0.15, 0.2) is 59.2 Å². The number of pyridine rings is 1. The number of nitrogens with zero attached hydrogens (tertiary/aromatic N) is 2. The first kappa shape index (κ1) is 17.4. The zero-order valence-electron chi connectivity index (χ0n) is 15.1. The van der Waals surface area contributed by atoms with Crippen molar-refractivity contribution in [3.63, 3.8) is 0 Å². The zero-order valence-corrected chi connectivity index (χ0v) is 16.7. The minimum atomic E-state index is -0.193. The number of halogens is 1. The molecule has 1 aliphatic heterocycles. The van der Waals surface area contributed by atoms with Gasteiger partial charge in [-0.05, 0) is 60.9 Å². The van der Waals surface area contributed by atoms with Gasteiger partial charge in [-0.15, -0.1) is 0 Å². The summed E-state index contributed by atoms with van der Waals surface area (Å²) in [6.45, 7) is 0.645. The Balaban J connectivity index is 1.38. The van der Waals surface area contributed by atoms with Crippen molar-refractivity contribution in [2.75, 3.05) is 18.4 Å². The number of rotatable bonds is 3. The lowest BCUT2D eigenvalue weighted by Gasteiger charge is -2.34. The van der Waals surface area contributed by atoms with Crippen LogP contribution in [0.3, 0.4) is 0 Å². The predicted octanol–water partition coefficient (Wildman–Crippen LogP) is 4.12. The fourth-order valence-corrected chi connectivity index (χ4v) is 4.48. The molecule has 2 aliphatic rings. The van der Waals surface area contributed by atoms with Crippen LogP contribution in [-0.4, -0.2) is 34.8 Å². The van der Waals surface area contributed by atoms with E-state index < -0.39 is 0 Å². The van der Waals surface area contributed by atoms with Crippen LogP contribution >= 0.6 is 15.9 Å². The molecule has 0 bridgehead atoms. The van der Waals surface area contributed by atoms with Gasteiger partial charge in [-0.1, -0.05) is 22.0 Å². The lowest BCUT2D eigenvalue weighted by molar-refractivity contribution is -0.117. The van der Waals surface area contributed by atoms with Gasteiger partial charge in [0.05, 0.1) is 11.2 Å². The molecule has 5 nitrogen and oxygen atoms in total. The molecule has 1 saturated carbocycles. The second-order valence-corrected chi connectivity index (χ2v) is 8.47. The first-order valence-electron chi connectivity index (χ1n) is 9.29. The number of benzene rings is 2. The van der Waals surface area contributed by atoms with Gasteiger partial charge in [0.15, 0.2) is 0 Å². The highest BCUT2D eigenvalue weighted by atomic mass is 79.9. The van der Waals surface area contributed by atoms with E-state index in [-0.39, 0.29) is 23.8 Å². The van der Waals surface area contributed by atoms with Crippen LogP contribution < -0.4 is 5.32 Å². The number of fused-ring (bicyclic) bond motifs is 3. The van der Waals surface area contributed by atoms with E-state index in [0.717, 1.165) is 33.8 Å². The maximum atomic E-state index is 13.0. The van der Waals surface area contributed by atoms with Crippen molar-refractivity contribution >= 4 is 44.3 Å². The average Bonchev–Trinajstić information content (AvgIpc) is 3.47. The maximum Gasteiger partial charge on any atom is 0.254 e. The van der Waals surface area contributed by atoms with E-state index in [0.29, 0.717) is 17.8 Å². The summed E-state index contributed by atoms with van der Waals surface area (Å²) in [7, 11) is 0. The fourth-order valence-electron chi connectivity index (χ4n) is 4.12. The quantitative estimate of drug-likeness (QED) is 0.672. The zero-order chi connectivity index (χ0) is 19.3. The van der Waals surface area contributed by atoms with Crippen molar-refractivity contribution < 1.29 is 9.59 Å². The molecule has 0 unspecified atom stereocenters. The minimum absolute atomic E-state index is 0.0106. The normalized spacial score (nSPS) is 16.9. The van der Waals surface area contributed by atoms with Crippen LogP contribution in [0.1, 0.15) is 28.8 Å². The summed E-state index contributed by atoms with van der Waals surface area (Å²) in [5.74, 6) is -0.268. The number of amides is 2. The molecular formula is C22H18BrN3O2. The van der Waals surface area contributed by atoms with Gasteiger partial charge in [-0.2, -0.15) is 0 Å². The summed E-state index contributed by atoms with van der Waals surface area (Å²) < 4.78 is 0.987. The van der Waals surface area contributed by atoms with E-state index in [1.54, 1.807) is 11.1 Å². The lowest BCUT2D eigenvalue weighted by Crippen LogP contribution is -2.46. The van der Waals surface area contributed by atoms with Crippen molar-refractivity contribution in [1.82, 2.24) is 9.88 Å². The summed E-state index contributed by atoms with van der Waals surface area (Å²) in [6.07, 6.45) is 3.83. The van der Waals surface area contributed by atoms with E-state index in [2.05, 4.69) is 32.3 Å². The molecule has 0 atom stereocenters. The molecular weight excluding hydrogens is 418 g/mol. The molecule has 1 N–H and O–H groups in total. The van der Waals surface area contributed by atoms with Crippen LogP contribution in [-0.2, 0) is 10.2 Å². The van der Waals surface area contributed by atoms with E-state index in [9.17, 15) is 9.59 Å². The second-order valence-electron chi connectivity index (χ2n) is 7.56. The van der Waals surface area contributed by atoms with Crippen LogP contribution in [0.5, 0.6) is 0 Å². The topological polar surface area (TPSA) is 62.3 Å². The van der Waals surface area contributed by atoms with Crippen molar-refractivity contribution in [3.05, 3.63) is 70.3 Å². The second kappa shape index (κ2) is 6.41. The third-order valence-corrected chi connectivity index (χ3v) is 6.17. The molecule has 2 heterocycles. The highest BCUT2D eigenvalue weighted by Gasteiger charge is 2.51. The molecule has 28 heavy (non-hydrogen) atoms. The maximum absolute atomic E-state index is 13.0. The van der Waals surface area contributed by atoms with Crippen molar-refractivity contribution in [3.8, 4) is 0 Å². The van der Waals surface area contributed by atoms with E-state index >= 15 is 0 Å². The van der Waals surface area contributed by atoms with Gasteiger partial charge in [0.2, 0.25) is 5.91 Å². The number of hydrogen-bond donors (Lipinski definition) is 1. The van der Waals surface area contributed by atoms with E-state index in [1.807, 2.05) is 42.5 Å². The summed E-state index contributed by atoms with van der Waals surface area (Å²) >= 11 is 3.51. The fraction of sp³-hybridized carbons (Fsp3) is 0.227. The summed E-state index contributed by atoms with van der Waals surface area (Å²) in [5, 5.41) is 3.84.